The SMILES string of the molecule is COCCN(C)C(=O)c1ccc(NC(=O)c2ccc3nc(C)n(-c4ccc(F)cc4)c3c2)cc1. The van der Waals surface area contributed by atoms with Gasteiger partial charge in [0.1, 0.15) is 11.6 Å². The molecule has 0 saturated heterocycles. The van der Waals surface area contributed by atoms with Gasteiger partial charge in [-0.25, -0.2) is 9.37 Å². The minimum absolute atomic E-state index is 0.121. The highest BCUT2D eigenvalue weighted by atomic mass is 19.1. The zero-order valence-electron chi connectivity index (χ0n) is 19.2. The molecule has 3 aromatic carbocycles. The summed E-state index contributed by atoms with van der Waals surface area (Å²) in [5.41, 5.74) is 3.79. The van der Waals surface area contributed by atoms with Gasteiger partial charge in [-0.05, 0) is 73.7 Å². The Bertz CT molecular complexity index is 1330. The third-order valence-electron chi connectivity index (χ3n) is 5.54. The summed E-state index contributed by atoms with van der Waals surface area (Å²) in [6.45, 7) is 2.81. The van der Waals surface area contributed by atoms with Gasteiger partial charge in [0, 0.05) is 43.2 Å². The van der Waals surface area contributed by atoms with Crippen LogP contribution >= 0.6 is 0 Å². The molecule has 2 amide bonds. The lowest BCUT2D eigenvalue weighted by Gasteiger charge is -2.16. The molecule has 7 nitrogen and oxygen atoms in total. The highest BCUT2D eigenvalue weighted by Gasteiger charge is 2.15. The maximum Gasteiger partial charge on any atom is 0.255 e. The minimum Gasteiger partial charge on any atom is -0.383 e. The van der Waals surface area contributed by atoms with Crippen molar-refractivity contribution in [2.45, 2.75) is 6.92 Å². The number of methoxy groups -OCH3 is 1. The first-order valence-corrected chi connectivity index (χ1v) is 10.8. The number of hydrogen-bond acceptors (Lipinski definition) is 4. The second-order valence-electron chi connectivity index (χ2n) is 7.93. The molecule has 0 aliphatic rings. The first kappa shape index (κ1) is 23.1. The number of likely N-dealkylation sites (N-methyl/N-ethyl adjacent to an activating group) is 1. The lowest BCUT2D eigenvalue weighted by molar-refractivity contribution is 0.0744. The van der Waals surface area contributed by atoms with E-state index in [1.807, 2.05) is 11.5 Å². The molecule has 0 aliphatic carbocycles. The lowest BCUT2D eigenvalue weighted by atomic mass is 10.1. The monoisotopic (exact) mass is 460 g/mol. The molecule has 0 spiro atoms. The van der Waals surface area contributed by atoms with Crippen LogP contribution in [0.1, 0.15) is 26.5 Å². The summed E-state index contributed by atoms with van der Waals surface area (Å²) in [7, 11) is 3.30. The first-order valence-electron chi connectivity index (χ1n) is 10.8. The number of benzene rings is 3. The number of carbonyl (C=O) groups is 2. The van der Waals surface area contributed by atoms with E-state index in [1.54, 1.807) is 73.7 Å². The van der Waals surface area contributed by atoms with Crippen LogP contribution in [0.2, 0.25) is 0 Å². The predicted octanol–water partition coefficient (Wildman–Crippen LogP) is 4.44. The van der Waals surface area contributed by atoms with Crippen molar-refractivity contribution in [1.82, 2.24) is 14.5 Å². The number of rotatable bonds is 7. The molecule has 0 bridgehead atoms. The number of imidazole rings is 1. The van der Waals surface area contributed by atoms with Gasteiger partial charge in [0.05, 0.1) is 17.6 Å². The van der Waals surface area contributed by atoms with Gasteiger partial charge in [0.2, 0.25) is 0 Å². The van der Waals surface area contributed by atoms with Crippen LogP contribution < -0.4 is 5.32 Å². The number of aromatic nitrogens is 2. The van der Waals surface area contributed by atoms with E-state index in [2.05, 4.69) is 10.3 Å². The molecule has 0 unspecified atom stereocenters. The van der Waals surface area contributed by atoms with Crippen molar-refractivity contribution in [2.24, 2.45) is 0 Å². The second-order valence-corrected chi connectivity index (χ2v) is 7.93. The van der Waals surface area contributed by atoms with Gasteiger partial charge < -0.3 is 15.0 Å². The average molecular weight is 461 g/mol. The summed E-state index contributed by atoms with van der Waals surface area (Å²) in [4.78, 5) is 31.5. The lowest BCUT2D eigenvalue weighted by Crippen LogP contribution is -2.29. The maximum atomic E-state index is 13.4. The number of nitrogens with zero attached hydrogens (tertiary/aromatic N) is 3. The summed E-state index contributed by atoms with van der Waals surface area (Å²) in [5.74, 6) is 0.00243. The van der Waals surface area contributed by atoms with E-state index in [4.69, 9.17) is 4.74 Å². The van der Waals surface area contributed by atoms with Crippen molar-refractivity contribution in [2.75, 3.05) is 32.6 Å². The smallest absolute Gasteiger partial charge is 0.255 e. The van der Waals surface area contributed by atoms with Crippen molar-refractivity contribution in [3.8, 4) is 5.69 Å². The van der Waals surface area contributed by atoms with Crippen LogP contribution in [0, 0.1) is 12.7 Å². The molecule has 0 radical (unpaired) electrons. The van der Waals surface area contributed by atoms with Gasteiger partial charge in [0.25, 0.3) is 11.8 Å². The predicted molar refractivity (Wildman–Crippen MR) is 129 cm³/mol. The van der Waals surface area contributed by atoms with Crippen molar-refractivity contribution in [3.63, 3.8) is 0 Å². The van der Waals surface area contributed by atoms with Crippen LogP contribution in [-0.2, 0) is 4.74 Å². The number of halogens is 1. The number of hydrogen-bond donors (Lipinski definition) is 1. The summed E-state index contributed by atoms with van der Waals surface area (Å²) in [6, 6.07) is 18.1. The quantitative estimate of drug-likeness (QED) is 0.442. The van der Waals surface area contributed by atoms with E-state index in [-0.39, 0.29) is 17.6 Å². The van der Waals surface area contributed by atoms with E-state index in [1.165, 1.54) is 12.1 Å². The molecule has 4 aromatic rings. The van der Waals surface area contributed by atoms with Crippen molar-refractivity contribution in [3.05, 3.63) is 89.5 Å². The van der Waals surface area contributed by atoms with E-state index in [9.17, 15) is 14.0 Å². The molecule has 1 aromatic heterocycles. The zero-order chi connectivity index (χ0) is 24.2. The molecular formula is C26H25FN4O3. The Morgan fingerprint density at radius 3 is 2.38 bits per heavy atom. The second kappa shape index (κ2) is 9.84. The number of nitrogens with one attached hydrogen (secondary N) is 1. The fourth-order valence-corrected chi connectivity index (χ4v) is 3.70. The maximum absolute atomic E-state index is 13.4. The topological polar surface area (TPSA) is 76.5 Å². The number of ether oxygens (including phenoxy) is 1. The van der Waals surface area contributed by atoms with Crippen LogP contribution in [-0.4, -0.2) is 53.6 Å². The fraction of sp³-hybridized carbons (Fsp3) is 0.192. The number of amides is 2. The summed E-state index contributed by atoms with van der Waals surface area (Å²) in [5, 5.41) is 2.86. The molecule has 0 atom stereocenters. The normalized spacial score (nSPS) is 10.9. The summed E-state index contributed by atoms with van der Waals surface area (Å²) >= 11 is 0. The Morgan fingerprint density at radius 2 is 1.71 bits per heavy atom. The number of anilines is 1. The van der Waals surface area contributed by atoms with Crippen LogP contribution in [0.25, 0.3) is 16.7 Å². The molecule has 1 N–H and O–H groups in total. The largest absolute Gasteiger partial charge is 0.383 e. The Hall–Kier alpha value is -4.04. The third-order valence-corrected chi connectivity index (χ3v) is 5.54. The van der Waals surface area contributed by atoms with Gasteiger partial charge in [-0.15, -0.1) is 0 Å². The van der Waals surface area contributed by atoms with Gasteiger partial charge >= 0.3 is 0 Å². The first-order chi connectivity index (χ1) is 16.4. The molecule has 4 rings (SSSR count). The van der Waals surface area contributed by atoms with Crippen molar-refractivity contribution in [1.29, 1.82) is 0 Å². The average Bonchev–Trinajstić information content (AvgIpc) is 3.18. The van der Waals surface area contributed by atoms with E-state index in [0.29, 0.717) is 30.0 Å². The highest BCUT2D eigenvalue weighted by Crippen LogP contribution is 2.23. The number of carbonyl (C=O) groups excluding carboxylic acids is 2. The Balaban J connectivity index is 1.54. The minimum atomic E-state index is -0.319. The van der Waals surface area contributed by atoms with Crippen LogP contribution in [0.3, 0.4) is 0 Å². The van der Waals surface area contributed by atoms with Crippen LogP contribution in [0.15, 0.2) is 66.7 Å². The van der Waals surface area contributed by atoms with Crippen molar-refractivity contribution >= 4 is 28.5 Å². The summed E-state index contributed by atoms with van der Waals surface area (Å²) < 4.78 is 20.3. The van der Waals surface area contributed by atoms with E-state index >= 15 is 0 Å². The summed E-state index contributed by atoms with van der Waals surface area (Å²) in [6.07, 6.45) is 0. The zero-order valence-corrected chi connectivity index (χ0v) is 19.2. The number of aryl methyl sites for hydroxylation is 1. The molecule has 34 heavy (non-hydrogen) atoms. The van der Waals surface area contributed by atoms with Gasteiger partial charge in [-0.2, -0.15) is 0 Å². The van der Waals surface area contributed by atoms with E-state index in [0.717, 1.165) is 22.5 Å². The standard InChI is InChI=1S/C26H25FN4O3/c1-17-28-23-13-6-19(16-24(23)31(17)22-11-7-20(27)8-12-22)25(32)29-21-9-4-18(5-10-21)26(33)30(2)14-15-34-3/h4-13,16H,14-15H2,1-3H3,(H,29,32). The van der Waals surface area contributed by atoms with Crippen molar-refractivity contribution < 1.29 is 18.7 Å². The van der Waals surface area contributed by atoms with Gasteiger partial charge in [-0.1, -0.05) is 0 Å². The van der Waals surface area contributed by atoms with Crippen LogP contribution in [0.4, 0.5) is 10.1 Å². The molecular weight excluding hydrogens is 435 g/mol. The van der Waals surface area contributed by atoms with Crippen LogP contribution in [0.5, 0.6) is 0 Å². The molecule has 0 saturated carbocycles. The van der Waals surface area contributed by atoms with E-state index < -0.39 is 0 Å². The Kier molecular flexibility index (Phi) is 6.70. The molecule has 0 aliphatic heterocycles. The van der Waals surface area contributed by atoms with Gasteiger partial charge in [-0.3, -0.25) is 14.2 Å². The third kappa shape index (κ3) is 4.82. The molecule has 8 heteroatoms. The fourth-order valence-electron chi connectivity index (χ4n) is 3.70. The highest BCUT2D eigenvalue weighted by molar-refractivity contribution is 6.06. The Labute approximate surface area is 196 Å². The molecule has 1 heterocycles. The molecule has 174 valence electrons. The van der Waals surface area contributed by atoms with Gasteiger partial charge in [0.15, 0.2) is 0 Å². The molecule has 0 fully saturated rings. The Morgan fingerprint density at radius 1 is 1.03 bits per heavy atom. The number of fused-ring (bicyclic) bond motifs is 1.